The van der Waals surface area contributed by atoms with Crippen LogP contribution in [0.1, 0.15) is 51.0 Å². The summed E-state index contributed by atoms with van der Waals surface area (Å²) in [6, 6.07) is 6.98. The highest BCUT2D eigenvalue weighted by molar-refractivity contribution is 7.89. The average molecular weight is 311 g/mol. The van der Waals surface area contributed by atoms with E-state index in [1.54, 1.807) is 12.1 Å². The summed E-state index contributed by atoms with van der Waals surface area (Å²) in [5, 5.41) is 10.4. The third-order valence-electron chi connectivity index (χ3n) is 4.15. The largest absolute Gasteiger partial charge is 0.389 e. The van der Waals surface area contributed by atoms with Gasteiger partial charge in [0.15, 0.2) is 0 Å². The van der Waals surface area contributed by atoms with Crippen molar-refractivity contribution in [1.29, 1.82) is 0 Å². The molecular formula is C16H25NO3S. The van der Waals surface area contributed by atoms with Crippen LogP contribution in [-0.2, 0) is 16.4 Å². The van der Waals surface area contributed by atoms with E-state index in [0.717, 1.165) is 37.7 Å². The number of aryl methyl sites for hydroxylation is 1. The second-order valence-corrected chi connectivity index (χ2v) is 7.77. The van der Waals surface area contributed by atoms with Crippen LogP contribution in [0.5, 0.6) is 0 Å². The Kier molecular flexibility index (Phi) is 5.41. The van der Waals surface area contributed by atoms with Crippen LogP contribution in [0.3, 0.4) is 0 Å². The fourth-order valence-electron chi connectivity index (χ4n) is 2.82. The van der Waals surface area contributed by atoms with E-state index in [-0.39, 0.29) is 11.4 Å². The van der Waals surface area contributed by atoms with Crippen LogP contribution in [-0.4, -0.2) is 25.7 Å². The highest BCUT2D eigenvalue weighted by Crippen LogP contribution is 2.27. The Balaban J connectivity index is 2.00. The Morgan fingerprint density at radius 1 is 1.14 bits per heavy atom. The highest BCUT2D eigenvalue weighted by atomic mass is 32.2. The van der Waals surface area contributed by atoms with E-state index in [1.165, 1.54) is 0 Å². The van der Waals surface area contributed by atoms with Gasteiger partial charge in [0.25, 0.3) is 0 Å². The fraction of sp³-hybridized carbons (Fsp3) is 0.625. The number of rotatable bonds is 6. The lowest BCUT2D eigenvalue weighted by Gasteiger charge is -2.32. The van der Waals surface area contributed by atoms with Gasteiger partial charge in [0.1, 0.15) is 0 Å². The van der Waals surface area contributed by atoms with E-state index >= 15 is 0 Å². The maximum Gasteiger partial charge on any atom is 0.240 e. The Labute approximate surface area is 127 Å². The van der Waals surface area contributed by atoms with Crippen LogP contribution in [0.2, 0.25) is 0 Å². The summed E-state index contributed by atoms with van der Waals surface area (Å²) in [6.07, 6.45) is 6.38. The number of aliphatic hydroxyl groups is 1. The molecule has 5 heteroatoms. The summed E-state index contributed by atoms with van der Waals surface area (Å²) >= 11 is 0. The summed E-state index contributed by atoms with van der Waals surface area (Å²) in [7, 11) is -3.54. The molecule has 0 radical (unpaired) electrons. The topological polar surface area (TPSA) is 66.4 Å². The lowest BCUT2D eigenvalue weighted by Crippen LogP contribution is -2.44. The number of nitrogens with one attached hydrogen (secondary N) is 1. The van der Waals surface area contributed by atoms with Crippen molar-refractivity contribution < 1.29 is 13.5 Å². The molecule has 0 atom stereocenters. The maximum absolute atomic E-state index is 12.3. The molecule has 0 heterocycles. The molecule has 0 spiro atoms. The van der Waals surface area contributed by atoms with Crippen LogP contribution in [0.25, 0.3) is 0 Å². The van der Waals surface area contributed by atoms with Crippen LogP contribution in [0, 0.1) is 0 Å². The lowest BCUT2D eigenvalue weighted by molar-refractivity contribution is 0.00945. The van der Waals surface area contributed by atoms with Crippen molar-refractivity contribution in [2.75, 3.05) is 6.54 Å². The quantitative estimate of drug-likeness (QED) is 0.848. The van der Waals surface area contributed by atoms with E-state index in [0.29, 0.717) is 12.8 Å². The van der Waals surface area contributed by atoms with Gasteiger partial charge in [0, 0.05) is 6.54 Å². The minimum atomic E-state index is -3.54. The van der Waals surface area contributed by atoms with E-state index in [4.69, 9.17) is 0 Å². The zero-order valence-electron chi connectivity index (χ0n) is 12.6. The summed E-state index contributed by atoms with van der Waals surface area (Å²) in [6.45, 7) is 2.20. The average Bonchev–Trinajstić information content (AvgIpc) is 2.47. The van der Waals surface area contributed by atoms with Crippen molar-refractivity contribution in [3.8, 4) is 0 Å². The molecular weight excluding hydrogens is 286 g/mol. The molecule has 1 aromatic carbocycles. The first-order valence-electron chi connectivity index (χ1n) is 7.76. The minimum absolute atomic E-state index is 0.103. The van der Waals surface area contributed by atoms with Crippen molar-refractivity contribution >= 4 is 10.0 Å². The van der Waals surface area contributed by atoms with Gasteiger partial charge in [-0.15, -0.1) is 0 Å². The SMILES string of the molecule is CCCc1ccc(S(=O)(=O)NCC2(O)CCCCC2)cc1. The smallest absolute Gasteiger partial charge is 0.240 e. The standard InChI is InChI=1S/C16H25NO3S/c1-2-6-14-7-9-15(10-8-14)21(19,20)17-13-16(18)11-4-3-5-12-16/h7-10,17-18H,2-6,11-13H2,1H3. The molecule has 2 N–H and O–H groups in total. The third-order valence-corrected chi connectivity index (χ3v) is 5.56. The highest BCUT2D eigenvalue weighted by Gasteiger charge is 2.30. The Morgan fingerprint density at radius 3 is 2.33 bits per heavy atom. The second kappa shape index (κ2) is 6.90. The first kappa shape index (κ1) is 16.5. The van der Waals surface area contributed by atoms with Crippen LogP contribution >= 0.6 is 0 Å². The molecule has 0 saturated heterocycles. The van der Waals surface area contributed by atoms with Gasteiger partial charge in [-0.2, -0.15) is 0 Å². The Bertz CT molecular complexity index is 545. The van der Waals surface area contributed by atoms with Crippen molar-refractivity contribution in [2.24, 2.45) is 0 Å². The summed E-state index contributed by atoms with van der Waals surface area (Å²) in [5.41, 5.74) is 0.260. The van der Waals surface area contributed by atoms with Crippen LogP contribution < -0.4 is 4.72 Å². The molecule has 1 aliphatic carbocycles. The molecule has 1 aromatic rings. The van der Waals surface area contributed by atoms with Gasteiger partial charge in [-0.05, 0) is 37.0 Å². The lowest BCUT2D eigenvalue weighted by atomic mass is 9.85. The normalized spacial score (nSPS) is 18.6. The van der Waals surface area contributed by atoms with Crippen molar-refractivity contribution in [3.63, 3.8) is 0 Å². The van der Waals surface area contributed by atoms with Gasteiger partial charge in [-0.25, -0.2) is 13.1 Å². The van der Waals surface area contributed by atoms with Gasteiger partial charge in [0.05, 0.1) is 10.5 Å². The van der Waals surface area contributed by atoms with Crippen molar-refractivity contribution in [1.82, 2.24) is 4.72 Å². The summed E-state index contributed by atoms with van der Waals surface area (Å²) in [4.78, 5) is 0.266. The zero-order chi connectivity index (χ0) is 15.3. The van der Waals surface area contributed by atoms with E-state index < -0.39 is 15.6 Å². The van der Waals surface area contributed by atoms with E-state index in [9.17, 15) is 13.5 Å². The molecule has 1 saturated carbocycles. The number of hydrogen-bond acceptors (Lipinski definition) is 3. The van der Waals surface area contributed by atoms with Gasteiger partial charge >= 0.3 is 0 Å². The molecule has 0 bridgehead atoms. The number of benzene rings is 1. The molecule has 2 rings (SSSR count). The van der Waals surface area contributed by atoms with Gasteiger partial charge in [-0.1, -0.05) is 44.7 Å². The summed E-state index contributed by atoms with van der Waals surface area (Å²) < 4.78 is 27.1. The predicted octanol–water partition coefficient (Wildman–Crippen LogP) is 2.61. The number of hydrogen-bond donors (Lipinski definition) is 2. The molecule has 4 nitrogen and oxygen atoms in total. The fourth-order valence-corrected chi connectivity index (χ4v) is 3.94. The van der Waals surface area contributed by atoms with Gasteiger partial charge in [-0.3, -0.25) is 0 Å². The van der Waals surface area contributed by atoms with E-state index in [1.807, 2.05) is 12.1 Å². The molecule has 0 amide bonds. The van der Waals surface area contributed by atoms with Crippen molar-refractivity contribution in [3.05, 3.63) is 29.8 Å². The zero-order valence-corrected chi connectivity index (χ0v) is 13.5. The minimum Gasteiger partial charge on any atom is -0.389 e. The van der Waals surface area contributed by atoms with E-state index in [2.05, 4.69) is 11.6 Å². The van der Waals surface area contributed by atoms with Gasteiger partial charge in [0.2, 0.25) is 10.0 Å². The van der Waals surface area contributed by atoms with Crippen LogP contribution in [0.4, 0.5) is 0 Å². The predicted molar refractivity (Wildman–Crippen MR) is 83.7 cm³/mol. The summed E-state index contributed by atoms with van der Waals surface area (Å²) in [5.74, 6) is 0. The molecule has 1 fully saturated rings. The molecule has 0 unspecified atom stereocenters. The third kappa shape index (κ3) is 4.53. The molecule has 0 aromatic heterocycles. The second-order valence-electron chi connectivity index (χ2n) is 6.00. The maximum atomic E-state index is 12.3. The Morgan fingerprint density at radius 2 is 1.76 bits per heavy atom. The molecule has 118 valence electrons. The first-order chi connectivity index (χ1) is 9.95. The molecule has 1 aliphatic rings. The van der Waals surface area contributed by atoms with Crippen molar-refractivity contribution in [2.45, 2.75) is 62.4 Å². The molecule has 21 heavy (non-hydrogen) atoms. The van der Waals surface area contributed by atoms with Crippen LogP contribution in [0.15, 0.2) is 29.2 Å². The number of sulfonamides is 1. The molecule has 0 aliphatic heterocycles. The first-order valence-corrected chi connectivity index (χ1v) is 9.24. The Hall–Kier alpha value is -0.910. The van der Waals surface area contributed by atoms with Gasteiger partial charge < -0.3 is 5.11 Å². The monoisotopic (exact) mass is 311 g/mol.